The first-order valence-corrected chi connectivity index (χ1v) is 12.9. The molecule has 3 N–H and O–H groups in total. The van der Waals surface area contributed by atoms with E-state index in [1.807, 2.05) is 13.8 Å². The highest BCUT2D eigenvalue weighted by atomic mass is 16.3. The molecule has 3 saturated carbocycles. The highest BCUT2D eigenvalue weighted by Gasteiger charge is 2.75. The van der Waals surface area contributed by atoms with E-state index in [4.69, 9.17) is 0 Å². The summed E-state index contributed by atoms with van der Waals surface area (Å²) >= 11 is 0. The highest BCUT2D eigenvalue weighted by Crippen LogP contribution is 2.82. The summed E-state index contributed by atoms with van der Waals surface area (Å²) in [4.78, 5) is 0. The molecule has 0 saturated heterocycles. The van der Waals surface area contributed by atoms with E-state index in [1.54, 1.807) is 0 Å². The lowest BCUT2D eigenvalue weighted by atomic mass is 9.55. The lowest BCUT2D eigenvalue weighted by Gasteiger charge is -2.49. The first kappa shape index (κ1) is 21.5. The maximum atomic E-state index is 10.5. The second kappa shape index (κ2) is 7.06. The zero-order valence-corrected chi connectivity index (χ0v) is 19.7. The smallest absolute Gasteiger partial charge is 0.0777 e. The molecule has 3 nitrogen and oxygen atoms in total. The van der Waals surface area contributed by atoms with Crippen LogP contribution in [0.15, 0.2) is 11.1 Å². The molecule has 30 heavy (non-hydrogen) atoms. The number of fused-ring (bicyclic) bond motifs is 6. The lowest BCUT2D eigenvalue weighted by molar-refractivity contribution is 0.000802. The van der Waals surface area contributed by atoms with Crippen molar-refractivity contribution in [3.8, 4) is 0 Å². The van der Waals surface area contributed by atoms with Crippen molar-refractivity contribution in [1.29, 1.82) is 0 Å². The molecular weight excluding hydrogens is 372 g/mol. The van der Waals surface area contributed by atoms with Gasteiger partial charge in [0.1, 0.15) is 0 Å². The first-order valence-electron chi connectivity index (χ1n) is 12.9. The highest BCUT2D eigenvalue weighted by molar-refractivity contribution is 5.43. The standard InChI is InChI=1S/C27H44O3/c1-16(7-5-10-25(2,3)30)20-8-9-23-26(20,4)11-6-12-27(23)21-15-18-19(24(21)27)13-17(28)14-22(18)29/h16-17,20-24,28-30H,5-15H2,1-4H3/t16-,17?,20-,21?,22?,23-,24?,26-,27?/m1/s1. The van der Waals surface area contributed by atoms with Crippen molar-refractivity contribution in [2.45, 2.75) is 116 Å². The minimum absolute atomic E-state index is 0.336. The van der Waals surface area contributed by atoms with Gasteiger partial charge in [0, 0.05) is 6.42 Å². The van der Waals surface area contributed by atoms with Crippen molar-refractivity contribution < 1.29 is 15.3 Å². The molecule has 1 spiro atoms. The zero-order valence-electron chi connectivity index (χ0n) is 19.7. The van der Waals surface area contributed by atoms with Gasteiger partial charge in [0.2, 0.25) is 0 Å². The average molecular weight is 417 g/mol. The fourth-order valence-corrected chi connectivity index (χ4v) is 9.59. The number of aliphatic hydroxyl groups is 3. The largest absolute Gasteiger partial charge is 0.393 e. The van der Waals surface area contributed by atoms with Crippen LogP contribution in [0.2, 0.25) is 0 Å². The Balaban J connectivity index is 1.33. The Morgan fingerprint density at radius 2 is 1.87 bits per heavy atom. The van der Waals surface area contributed by atoms with Gasteiger partial charge in [0.25, 0.3) is 0 Å². The number of hydrogen-bond donors (Lipinski definition) is 3. The van der Waals surface area contributed by atoms with Crippen molar-refractivity contribution in [3.05, 3.63) is 11.1 Å². The van der Waals surface area contributed by atoms with E-state index in [1.165, 1.54) is 49.7 Å². The summed E-state index contributed by atoms with van der Waals surface area (Å²) in [5, 5.41) is 31.0. The molecule has 0 aromatic rings. The monoisotopic (exact) mass is 416 g/mol. The molecule has 0 bridgehead atoms. The predicted molar refractivity (Wildman–Crippen MR) is 120 cm³/mol. The van der Waals surface area contributed by atoms with Crippen LogP contribution in [-0.2, 0) is 0 Å². The van der Waals surface area contributed by atoms with Crippen LogP contribution in [0.3, 0.4) is 0 Å². The van der Waals surface area contributed by atoms with Crippen molar-refractivity contribution in [1.82, 2.24) is 0 Å². The number of rotatable bonds is 5. The second-order valence-electron chi connectivity index (χ2n) is 12.8. The van der Waals surface area contributed by atoms with E-state index in [9.17, 15) is 15.3 Å². The molecule has 0 radical (unpaired) electrons. The molecule has 3 fully saturated rings. The van der Waals surface area contributed by atoms with Crippen LogP contribution in [0.4, 0.5) is 0 Å². The molecule has 5 aliphatic carbocycles. The van der Waals surface area contributed by atoms with Crippen molar-refractivity contribution in [2.24, 2.45) is 40.4 Å². The lowest BCUT2D eigenvalue weighted by Crippen LogP contribution is -2.42. The summed E-state index contributed by atoms with van der Waals surface area (Å²) in [6.07, 6.45) is 11.9. The van der Waals surface area contributed by atoms with Crippen molar-refractivity contribution in [3.63, 3.8) is 0 Å². The predicted octanol–water partition coefficient (Wildman–Crippen LogP) is 5.23. The van der Waals surface area contributed by atoms with E-state index in [0.29, 0.717) is 23.2 Å². The van der Waals surface area contributed by atoms with Gasteiger partial charge in [0.15, 0.2) is 0 Å². The summed E-state index contributed by atoms with van der Waals surface area (Å²) in [7, 11) is 0. The van der Waals surface area contributed by atoms with Crippen LogP contribution < -0.4 is 0 Å². The van der Waals surface area contributed by atoms with E-state index in [-0.39, 0.29) is 12.2 Å². The van der Waals surface area contributed by atoms with E-state index >= 15 is 0 Å². The van der Waals surface area contributed by atoms with Crippen LogP contribution in [0, 0.1) is 40.4 Å². The molecule has 170 valence electrons. The minimum Gasteiger partial charge on any atom is -0.393 e. The van der Waals surface area contributed by atoms with Crippen molar-refractivity contribution in [2.75, 3.05) is 0 Å². The summed E-state index contributed by atoms with van der Waals surface area (Å²) in [6, 6.07) is 0. The molecule has 0 heterocycles. The van der Waals surface area contributed by atoms with E-state index < -0.39 is 5.60 Å². The molecular formula is C27H44O3. The van der Waals surface area contributed by atoms with E-state index in [2.05, 4.69) is 13.8 Å². The van der Waals surface area contributed by atoms with Crippen LogP contribution in [0.25, 0.3) is 0 Å². The topological polar surface area (TPSA) is 60.7 Å². The third-order valence-electron chi connectivity index (χ3n) is 10.7. The molecule has 3 heteroatoms. The van der Waals surface area contributed by atoms with Gasteiger partial charge in [-0.2, -0.15) is 0 Å². The van der Waals surface area contributed by atoms with Gasteiger partial charge >= 0.3 is 0 Å². The van der Waals surface area contributed by atoms with Gasteiger partial charge in [-0.05, 0) is 105 Å². The Labute approximate surface area is 183 Å². The normalized spacial score (nSPS) is 48.5. The van der Waals surface area contributed by atoms with Crippen LogP contribution in [-0.4, -0.2) is 33.1 Å². The van der Waals surface area contributed by atoms with Gasteiger partial charge in [-0.3, -0.25) is 0 Å². The Morgan fingerprint density at radius 1 is 1.10 bits per heavy atom. The van der Waals surface area contributed by atoms with Gasteiger partial charge in [0.05, 0.1) is 17.8 Å². The van der Waals surface area contributed by atoms with Gasteiger partial charge in [-0.15, -0.1) is 0 Å². The molecule has 0 aromatic heterocycles. The quantitative estimate of drug-likeness (QED) is 0.538. The molecule has 0 aliphatic heterocycles. The van der Waals surface area contributed by atoms with Gasteiger partial charge < -0.3 is 15.3 Å². The average Bonchev–Trinajstić information content (AvgIpc) is 2.92. The maximum absolute atomic E-state index is 10.5. The summed E-state index contributed by atoms with van der Waals surface area (Å²) in [6.45, 7) is 8.97. The summed E-state index contributed by atoms with van der Waals surface area (Å²) in [5.74, 6) is 3.83. The Kier molecular flexibility index (Phi) is 5.05. The Hall–Kier alpha value is -0.380. The van der Waals surface area contributed by atoms with Crippen LogP contribution in [0.1, 0.15) is 98.3 Å². The minimum atomic E-state index is -0.539. The zero-order chi connectivity index (χ0) is 21.5. The molecule has 5 aliphatic rings. The Morgan fingerprint density at radius 3 is 2.60 bits per heavy atom. The SMILES string of the molecule is C[C@H](CCCC(C)(C)O)[C@H]1CC[C@H]2C3(CCC[C@]12C)C1CC2=C(CC(O)CC2O)C13. The van der Waals surface area contributed by atoms with Crippen LogP contribution >= 0.6 is 0 Å². The molecule has 5 rings (SSSR count). The first-order chi connectivity index (χ1) is 14.1. The van der Waals surface area contributed by atoms with Gasteiger partial charge in [-0.25, -0.2) is 0 Å². The Bertz CT molecular complexity index is 720. The van der Waals surface area contributed by atoms with Gasteiger partial charge in [-0.1, -0.05) is 38.7 Å². The van der Waals surface area contributed by atoms with Crippen molar-refractivity contribution >= 4 is 0 Å². The molecule has 5 unspecified atom stereocenters. The van der Waals surface area contributed by atoms with E-state index in [0.717, 1.165) is 49.4 Å². The fraction of sp³-hybridized carbons (Fsp3) is 0.926. The number of hydrogen-bond acceptors (Lipinski definition) is 3. The number of aliphatic hydroxyl groups excluding tert-OH is 2. The third kappa shape index (κ3) is 3.09. The van der Waals surface area contributed by atoms with Crippen LogP contribution in [0.5, 0.6) is 0 Å². The third-order valence-corrected chi connectivity index (χ3v) is 10.7. The molecule has 0 aromatic carbocycles. The summed E-state index contributed by atoms with van der Waals surface area (Å²) < 4.78 is 0. The second-order valence-corrected chi connectivity index (χ2v) is 12.8. The molecule has 0 amide bonds. The summed E-state index contributed by atoms with van der Waals surface area (Å²) in [5.41, 5.74) is 3.22. The fourth-order valence-electron chi connectivity index (χ4n) is 9.59. The maximum Gasteiger partial charge on any atom is 0.0777 e. The molecule has 9 atom stereocenters.